The normalized spacial score (nSPS) is 43.7. The van der Waals surface area contributed by atoms with Crippen LogP contribution in [0.1, 0.15) is 12.8 Å². The molecule has 0 unspecified atom stereocenters. The SMILES string of the molecule is C[P@@]1OC[C@H]2CCCN21. The highest BCUT2D eigenvalue weighted by molar-refractivity contribution is 7.49. The van der Waals surface area contributed by atoms with Crippen LogP contribution in [-0.4, -0.2) is 30.5 Å². The third-order valence-corrected chi connectivity index (χ3v) is 3.93. The predicted molar refractivity (Wildman–Crippen MR) is 38.5 cm³/mol. The zero-order valence-electron chi connectivity index (χ0n) is 5.71. The van der Waals surface area contributed by atoms with Crippen molar-refractivity contribution in [1.82, 2.24) is 4.67 Å². The maximum atomic E-state index is 5.51. The first kappa shape index (κ1) is 6.09. The highest BCUT2D eigenvalue weighted by Gasteiger charge is 2.35. The highest BCUT2D eigenvalue weighted by atomic mass is 31.2. The molecule has 2 nitrogen and oxygen atoms in total. The lowest BCUT2D eigenvalue weighted by atomic mass is 10.2. The summed E-state index contributed by atoms with van der Waals surface area (Å²) in [6.45, 7) is 4.50. The van der Waals surface area contributed by atoms with Crippen LogP contribution in [0.15, 0.2) is 0 Å². The van der Waals surface area contributed by atoms with Gasteiger partial charge in [0.1, 0.15) is 8.30 Å². The fourth-order valence-corrected chi connectivity index (χ4v) is 3.23. The van der Waals surface area contributed by atoms with Crippen molar-refractivity contribution in [2.45, 2.75) is 18.9 Å². The Hall–Kier alpha value is 0.350. The van der Waals surface area contributed by atoms with Gasteiger partial charge in [-0.1, -0.05) is 0 Å². The standard InChI is InChI=1S/C6H12NOP/c1-9-7-4-2-3-6(7)5-8-9/h6H,2-5H2,1H3/t6-,9-/m1/s1. The number of nitrogens with zero attached hydrogens (tertiary/aromatic N) is 1. The van der Waals surface area contributed by atoms with Gasteiger partial charge in [-0.3, -0.25) is 4.67 Å². The molecule has 0 amide bonds. The lowest BCUT2D eigenvalue weighted by molar-refractivity contribution is 0.341. The topological polar surface area (TPSA) is 12.5 Å². The van der Waals surface area contributed by atoms with E-state index >= 15 is 0 Å². The summed E-state index contributed by atoms with van der Waals surface area (Å²) in [6.07, 6.45) is 2.76. The third-order valence-electron chi connectivity index (χ3n) is 2.16. The van der Waals surface area contributed by atoms with E-state index in [1.165, 1.54) is 19.4 Å². The van der Waals surface area contributed by atoms with E-state index in [1.54, 1.807) is 0 Å². The molecule has 0 saturated carbocycles. The van der Waals surface area contributed by atoms with E-state index < -0.39 is 0 Å². The Labute approximate surface area is 57.1 Å². The number of rotatable bonds is 0. The van der Waals surface area contributed by atoms with Crippen LogP contribution in [0.3, 0.4) is 0 Å². The van der Waals surface area contributed by atoms with Gasteiger partial charge in [0.15, 0.2) is 0 Å². The predicted octanol–water partition coefficient (Wildman–Crippen LogP) is 1.42. The van der Waals surface area contributed by atoms with Gasteiger partial charge in [-0.05, 0) is 19.5 Å². The van der Waals surface area contributed by atoms with Crippen LogP contribution in [0, 0.1) is 0 Å². The van der Waals surface area contributed by atoms with Crippen molar-refractivity contribution in [3.05, 3.63) is 0 Å². The molecule has 0 bridgehead atoms. The molecule has 2 heterocycles. The van der Waals surface area contributed by atoms with Crippen molar-refractivity contribution in [2.24, 2.45) is 0 Å². The van der Waals surface area contributed by atoms with E-state index in [2.05, 4.69) is 11.3 Å². The van der Waals surface area contributed by atoms with E-state index in [0.717, 1.165) is 12.6 Å². The molecule has 2 aliphatic heterocycles. The number of hydrogen-bond donors (Lipinski definition) is 0. The van der Waals surface area contributed by atoms with Gasteiger partial charge in [-0.2, -0.15) is 0 Å². The second kappa shape index (κ2) is 2.19. The molecule has 0 aromatic rings. The van der Waals surface area contributed by atoms with Crippen LogP contribution in [-0.2, 0) is 4.52 Å². The molecule has 0 aromatic carbocycles. The van der Waals surface area contributed by atoms with Crippen molar-refractivity contribution in [1.29, 1.82) is 0 Å². The first-order valence-corrected chi connectivity index (χ1v) is 5.17. The molecule has 0 N–H and O–H groups in total. The quantitative estimate of drug-likeness (QED) is 0.478. The summed E-state index contributed by atoms with van der Waals surface area (Å²) < 4.78 is 8.03. The van der Waals surface area contributed by atoms with Crippen molar-refractivity contribution in [3.8, 4) is 0 Å². The molecular formula is C6H12NOP. The minimum atomic E-state index is -0.172. The van der Waals surface area contributed by atoms with Crippen molar-refractivity contribution < 1.29 is 4.52 Å². The highest BCUT2D eigenvalue weighted by Crippen LogP contribution is 2.48. The Balaban J connectivity index is 2.07. The molecule has 2 saturated heterocycles. The van der Waals surface area contributed by atoms with E-state index in [9.17, 15) is 0 Å². The summed E-state index contributed by atoms with van der Waals surface area (Å²) in [5.41, 5.74) is 0. The molecule has 0 radical (unpaired) electrons. The smallest absolute Gasteiger partial charge is 0.101 e. The van der Waals surface area contributed by atoms with Gasteiger partial charge in [-0.25, -0.2) is 0 Å². The van der Waals surface area contributed by atoms with Crippen LogP contribution >= 0.6 is 8.30 Å². The van der Waals surface area contributed by atoms with Gasteiger partial charge in [0.25, 0.3) is 0 Å². The molecule has 9 heavy (non-hydrogen) atoms. The Bertz CT molecular complexity index is 120. The fourth-order valence-electron chi connectivity index (χ4n) is 1.63. The average Bonchev–Trinajstić information content (AvgIpc) is 2.35. The van der Waals surface area contributed by atoms with Crippen LogP contribution < -0.4 is 0 Å². The van der Waals surface area contributed by atoms with Crippen LogP contribution in [0.4, 0.5) is 0 Å². The first-order chi connectivity index (χ1) is 4.38. The maximum absolute atomic E-state index is 5.51. The van der Waals surface area contributed by atoms with Gasteiger partial charge in [0.05, 0.1) is 6.61 Å². The molecular weight excluding hydrogens is 133 g/mol. The zero-order valence-corrected chi connectivity index (χ0v) is 6.60. The fraction of sp³-hybridized carbons (Fsp3) is 1.00. The lowest BCUT2D eigenvalue weighted by Crippen LogP contribution is -2.18. The number of fused-ring (bicyclic) bond motifs is 1. The summed E-state index contributed by atoms with van der Waals surface area (Å²) in [7, 11) is -0.172. The van der Waals surface area contributed by atoms with Crippen molar-refractivity contribution >= 4 is 8.30 Å². The minimum absolute atomic E-state index is 0.172. The van der Waals surface area contributed by atoms with E-state index in [1.807, 2.05) is 0 Å². The Kier molecular flexibility index (Phi) is 1.48. The molecule has 2 rings (SSSR count). The van der Waals surface area contributed by atoms with Crippen molar-refractivity contribution in [2.75, 3.05) is 19.8 Å². The van der Waals surface area contributed by atoms with Gasteiger partial charge in [-0.15, -0.1) is 0 Å². The summed E-state index contributed by atoms with van der Waals surface area (Å²) >= 11 is 0. The molecule has 0 spiro atoms. The van der Waals surface area contributed by atoms with Gasteiger partial charge < -0.3 is 4.52 Å². The Morgan fingerprint density at radius 1 is 1.67 bits per heavy atom. The van der Waals surface area contributed by atoms with Crippen molar-refractivity contribution in [3.63, 3.8) is 0 Å². The van der Waals surface area contributed by atoms with Gasteiger partial charge in [0, 0.05) is 12.6 Å². The Morgan fingerprint density at radius 3 is 3.33 bits per heavy atom. The molecule has 3 heteroatoms. The van der Waals surface area contributed by atoms with Crippen LogP contribution in [0.2, 0.25) is 0 Å². The summed E-state index contributed by atoms with van der Waals surface area (Å²) in [5.74, 6) is 0. The minimum Gasteiger partial charge on any atom is -0.342 e. The number of hydrogen-bond acceptors (Lipinski definition) is 2. The molecule has 2 fully saturated rings. The molecule has 52 valence electrons. The van der Waals surface area contributed by atoms with E-state index in [4.69, 9.17) is 4.52 Å². The molecule has 0 aromatic heterocycles. The Morgan fingerprint density at radius 2 is 2.56 bits per heavy atom. The van der Waals surface area contributed by atoms with Gasteiger partial charge in [0.2, 0.25) is 0 Å². The molecule has 0 aliphatic carbocycles. The van der Waals surface area contributed by atoms with Gasteiger partial charge >= 0.3 is 0 Å². The second-order valence-electron chi connectivity index (χ2n) is 2.72. The second-order valence-corrected chi connectivity index (χ2v) is 4.42. The van der Waals surface area contributed by atoms with E-state index in [-0.39, 0.29) is 8.30 Å². The van der Waals surface area contributed by atoms with Crippen LogP contribution in [0.5, 0.6) is 0 Å². The third kappa shape index (κ3) is 0.899. The lowest BCUT2D eigenvalue weighted by Gasteiger charge is -2.15. The summed E-state index contributed by atoms with van der Waals surface area (Å²) in [6, 6.07) is 0.793. The maximum Gasteiger partial charge on any atom is 0.101 e. The molecule has 2 aliphatic rings. The largest absolute Gasteiger partial charge is 0.342 e. The molecule has 2 atom stereocenters. The summed E-state index contributed by atoms with van der Waals surface area (Å²) in [5, 5.41) is 0. The summed E-state index contributed by atoms with van der Waals surface area (Å²) in [4.78, 5) is 0. The average molecular weight is 145 g/mol. The first-order valence-electron chi connectivity index (χ1n) is 3.51. The zero-order chi connectivity index (χ0) is 6.27. The van der Waals surface area contributed by atoms with E-state index in [0.29, 0.717) is 0 Å². The monoisotopic (exact) mass is 145 g/mol. The van der Waals surface area contributed by atoms with Crippen LogP contribution in [0.25, 0.3) is 0 Å².